The van der Waals surface area contributed by atoms with E-state index in [9.17, 15) is 22.8 Å². The second-order valence-corrected chi connectivity index (χ2v) is 10.7. The van der Waals surface area contributed by atoms with E-state index in [-0.39, 0.29) is 55.1 Å². The highest BCUT2D eigenvalue weighted by atomic mass is 19.4. The van der Waals surface area contributed by atoms with Gasteiger partial charge in [-0.25, -0.2) is 19.0 Å². The van der Waals surface area contributed by atoms with Crippen LogP contribution in [0.5, 0.6) is 0 Å². The first-order valence-electron chi connectivity index (χ1n) is 12.4. The summed E-state index contributed by atoms with van der Waals surface area (Å²) in [5.41, 5.74) is -2.00. The average Bonchev–Trinajstić information content (AvgIpc) is 3.19. The van der Waals surface area contributed by atoms with Crippen LogP contribution >= 0.6 is 0 Å². The molecule has 1 N–H and O–H groups in total. The predicted molar refractivity (Wildman–Crippen MR) is 133 cm³/mol. The third kappa shape index (κ3) is 5.34. The number of anilines is 1. The molecule has 0 aliphatic carbocycles. The summed E-state index contributed by atoms with van der Waals surface area (Å²) in [5.74, 6) is -0.277. The number of rotatable bonds is 3. The minimum Gasteiger partial charge on any atom is -0.444 e. The van der Waals surface area contributed by atoms with Gasteiger partial charge in [-0.3, -0.25) is 10.00 Å². The summed E-state index contributed by atoms with van der Waals surface area (Å²) in [4.78, 5) is 29.5. The van der Waals surface area contributed by atoms with E-state index in [1.165, 1.54) is 21.8 Å². The maximum atomic E-state index is 16.0. The van der Waals surface area contributed by atoms with Crippen LogP contribution in [0.2, 0.25) is 0 Å². The van der Waals surface area contributed by atoms with Crippen molar-refractivity contribution < 1.29 is 36.6 Å². The predicted octanol–water partition coefficient (Wildman–Crippen LogP) is 6.00. The van der Waals surface area contributed by atoms with Crippen LogP contribution in [-0.4, -0.2) is 62.4 Å². The van der Waals surface area contributed by atoms with Gasteiger partial charge in [-0.15, -0.1) is 0 Å². The molecule has 2 aliphatic heterocycles. The van der Waals surface area contributed by atoms with E-state index >= 15 is 4.39 Å². The molecule has 2 aromatic heterocycles. The number of hydrogen-bond acceptors (Lipinski definition) is 6. The number of benzene rings is 1. The van der Waals surface area contributed by atoms with Crippen molar-refractivity contribution in [2.75, 3.05) is 18.4 Å². The van der Waals surface area contributed by atoms with Crippen LogP contribution in [0.25, 0.3) is 22.2 Å². The number of para-hydroxylation sites is 1. The Kier molecular flexibility index (Phi) is 6.42. The molecular formula is C26H27F4N5O4. The van der Waals surface area contributed by atoms with E-state index in [4.69, 9.17) is 4.74 Å². The number of carbonyl (C=O) groups is 2. The van der Waals surface area contributed by atoms with Gasteiger partial charge < -0.3 is 14.4 Å². The largest absolute Gasteiger partial charge is 0.444 e. The molecule has 2 amide bonds. The standard InChI is InChI=1S/C26H27F4N5O4/c1-24(2,3)39-23(37)34-12-9-25(27,10-13-34)14-35-17-7-5-4-6-15(17)19(33-35)16-8-11-31-21-18(16)20(26(28,29)30)38-22(36)32-21/h4-8,11,20H,9-10,12-14H2,1-3H3,(H,31,32,36)/t20-/m0/s1. The Labute approximate surface area is 221 Å². The SMILES string of the molecule is CC(C)(C)OC(=O)N1CCC(F)(Cn2nc(-c3ccnc4c3[C@@H](C(F)(F)F)OC(=O)N4)c3ccccc32)CC1. The zero-order valence-corrected chi connectivity index (χ0v) is 21.5. The lowest BCUT2D eigenvalue weighted by atomic mass is 9.93. The molecule has 208 valence electrons. The Morgan fingerprint density at radius 2 is 1.87 bits per heavy atom. The molecule has 0 radical (unpaired) electrons. The van der Waals surface area contributed by atoms with Gasteiger partial charge in [-0.2, -0.15) is 18.3 Å². The zero-order chi connectivity index (χ0) is 28.2. The van der Waals surface area contributed by atoms with E-state index in [1.54, 1.807) is 45.0 Å². The van der Waals surface area contributed by atoms with Gasteiger partial charge in [0.25, 0.3) is 0 Å². The summed E-state index contributed by atoms with van der Waals surface area (Å²) in [6.45, 7) is 5.40. The molecule has 0 unspecified atom stereocenters. The number of carbonyl (C=O) groups excluding carboxylic acids is 2. The number of nitrogens with one attached hydrogen (secondary N) is 1. The fraction of sp³-hybridized carbons (Fsp3) is 0.462. The summed E-state index contributed by atoms with van der Waals surface area (Å²) in [5, 5.41) is 7.27. The summed E-state index contributed by atoms with van der Waals surface area (Å²) in [6, 6.07) is 8.18. The van der Waals surface area contributed by atoms with Crippen molar-refractivity contribution in [3.05, 3.63) is 42.1 Å². The van der Waals surface area contributed by atoms with Crippen LogP contribution in [0.3, 0.4) is 0 Å². The van der Waals surface area contributed by atoms with Crippen molar-refractivity contribution >= 4 is 28.9 Å². The van der Waals surface area contributed by atoms with E-state index in [1.807, 2.05) is 0 Å². The zero-order valence-electron chi connectivity index (χ0n) is 21.5. The second kappa shape index (κ2) is 9.38. The topological polar surface area (TPSA) is 98.6 Å². The minimum absolute atomic E-state index is 0.0381. The summed E-state index contributed by atoms with van der Waals surface area (Å²) in [6.07, 6.45) is -7.86. The number of likely N-dealkylation sites (tertiary alicyclic amines) is 1. The van der Waals surface area contributed by atoms with Gasteiger partial charge in [0.2, 0.25) is 6.10 Å². The minimum atomic E-state index is -4.90. The third-order valence-electron chi connectivity index (χ3n) is 6.65. The number of aromatic nitrogens is 3. The van der Waals surface area contributed by atoms with Crippen molar-refractivity contribution in [1.29, 1.82) is 0 Å². The van der Waals surface area contributed by atoms with Gasteiger partial charge in [-0.05, 0) is 32.9 Å². The Morgan fingerprint density at radius 1 is 1.18 bits per heavy atom. The van der Waals surface area contributed by atoms with Crippen LogP contribution in [0.15, 0.2) is 36.5 Å². The molecule has 39 heavy (non-hydrogen) atoms. The molecule has 4 heterocycles. The van der Waals surface area contributed by atoms with E-state index < -0.39 is 35.7 Å². The van der Waals surface area contributed by atoms with Crippen LogP contribution in [-0.2, 0) is 16.0 Å². The van der Waals surface area contributed by atoms with Gasteiger partial charge in [0.05, 0.1) is 17.6 Å². The van der Waals surface area contributed by atoms with Crippen molar-refractivity contribution in [1.82, 2.24) is 19.7 Å². The summed E-state index contributed by atoms with van der Waals surface area (Å²) >= 11 is 0. The Balaban J connectivity index is 1.48. The molecule has 2 aliphatic rings. The van der Waals surface area contributed by atoms with Gasteiger partial charge in [0, 0.05) is 43.1 Å². The number of pyridine rings is 1. The molecule has 1 saturated heterocycles. The second-order valence-electron chi connectivity index (χ2n) is 10.7. The average molecular weight is 550 g/mol. The fourth-order valence-corrected chi connectivity index (χ4v) is 4.86. The molecule has 0 bridgehead atoms. The lowest BCUT2D eigenvalue weighted by molar-refractivity contribution is -0.206. The van der Waals surface area contributed by atoms with E-state index in [0.29, 0.717) is 10.9 Å². The molecule has 13 heteroatoms. The van der Waals surface area contributed by atoms with Crippen molar-refractivity contribution in [3.8, 4) is 11.3 Å². The highest BCUT2D eigenvalue weighted by molar-refractivity contribution is 5.97. The molecule has 0 spiro atoms. The van der Waals surface area contributed by atoms with Crippen LogP contribution in [0, 0.1) is 0 Å². The van der Waals surface area contributed by atoms with Crippen LogP contribution in [0.4, 0.5) is 33.0 Å². The van der Waals surface area contributed by atoms with Gasteiger partial charge in [-0.1, -0.05) is 18.2 Å². The monoisotopic (exact) mass is 549 g/mol. The lowest BCUT2D eigenvalue weighted by Crippen LogP contribution is -2.47. The normalized spacial score (nSPS) is 19.3. The highest BCUT2D eigenvalue weighted by Gasteiger charge is 2.49. The van der Waals surface area contributed by atoms with Crippen molar-refractivity contribution in [2.24, 2.45) is 0 Å². The van der Waals surface area contributed by atoms with Gasteiger partial charge in [0.1, 0.15) is 22.8 Å². The number of cyclic esters (lactones) is 1. The molecule has 9 nitrogen and oxygen atoms in total. The smallest absolute Gasteiger partial charge is 0.430 e. The number of nitrogens with zero attached hydrogens (tertiary/aromatic N) is 4. The summed E-state index contributed by atoms with van der Waals surface area (Å²) in [7, 11) is 0. The van der Waals surface area contributed by atoms with Crippen LogP contribution in [0.1, 0.15) is 45.3 Å². The van der Waals surface area contributed by atoms with E-state index in [2.05, 4.69) is 20.1 Å². The number of halogens is 4. The Morgan fingerprint density at radius 3 is 2.54 bits per heavy atom. The number of amides is 2. The quantitative estimate of drug-likeness (QED) is 0.402. The molecule has 1 fully saturated rings. The highest BCUT2D eigenvalue weighted by Crippen LogP contribution is 2.46. The van der Waals surface area contributed by atoms with Gasteiger partial charge in [0.15, 0.2) is 0 Å². The van der Waals surface area contributed by atoms with Crippen LogP contribution < -0.4 is 5.32 Å². The first kappa shape index (κ1) is 26.7. The first-order chi connectivity index (χ1) is 18.2. The molecule has 1 aromatic carbocycles. The number of hydrogen-bond donors (Lipinski definition) is 1. The van der Waals surface area contributed by atoms with Crippen molar-refractivity contribution in [3.63, 3.8) is 0 Å². The number of piperidine rings is 1. The Hall–Kier alpha value is -3.90. The fourth-order valence-electron chi connectivity index (χ4n) is 4.86. The Bertz CT molecular complexity index is 1420. The number of alkyl halides is 4. The maximum Gasteiger partial charge on any atom is 0.430 e. The maximum absolute atomic E-state index is 16.0. The van der Waals surface area contributed by atoms with Crippen molar-refractivity contribution in [2.45, 2.75) is 63.7 Å². The third-order valence-corrected chi connectivity index (χ3v) is 6.65. The molecule has 5 rings (SSSR count). The molecule has 0 saturated carbocycles. The molecular weight excluding hydrogens is 522 g/mol. The number of fused-ring (bicyclic) bond motifs is 2. The molecule has 3 aromatic rings. The first-order valence-corrected chi connectivity index (χ1v) is 12.4. The lowest BCUT2D eigenvalue weighted by Gasteiger charge is -2.37. The van der Waals surface area contributed by atoms with E-state index in [0.717, 1.165) is 0 Å². The molecule has 1 atom stereocenters. The summed E-state index contributed by atoms with van der Waals surface area (Å²) < 4.78 is 69.2. The number of ether oxygens (including phenoxy) is 2. The van der Waals surface area contributed by atoms with Gasteiger partial charge >= 0.3 is 18.4 Å².